The highest BCUT2D eigenvalue weighted by atomic mass is 16.3. The van der Waals surface area contributed by atoms with Gasteiger partial charge in [-0.25, -0.2) is 0 Å². The van der Waals surface area contributed by atoms with Crippen molar-refractivity contribution in [3.8, 4) is 0 Å². The van der Waals surface area contributed by atoms with E-state index in [0.717, 1.165) is 24.7 Å². The first kappa shape index (κ1) is 29.7. The van der Waals surface area contributed by atoms with E-state index in [9.17, 15) is 20.1 Å². The summed E-state index contributed by atoms with van der Waals surface area (Å²) in [4.78, 5) is 11.6. The van der Waals surface area contributed by atoms with Crippen molar-refractivity contribution in [1.82, 2.24) is 0 Å². The Morgan fingerprint density at radius 1 is 1.20 bits per heavy atom. The summed E-state index contributed by atoms with van der Waals surface area (Å²) >= 11 is 0. The van der Waals surface area contributed by atoms with Gasteiger partial charge < -0.3 is 15.3 Å². The van der Waals surface area contributed by atoms with Crippen LogP contribution < -0.4 is 0 Å². The predicted molar refractivity (Wildman–Crippen MR) is 145 cm³/mol. The Morgan fingerprint density at radius 2 is 1.89 bits per heavy atom. The molecule has 0 aromatic rings. The van der Waals surface area contributed by atoms with E-state index in [2.05, 4.69) is 58.9 Å². The maximum Gasteiger partial charge on any atom is 0.145 e. The fourth-order valence-corrected chi connectivity index (χ4v) is 6.57. The van der Waals surface area contributed by atoms with E-state index in [0.29, 0.717) is 49.5 Å². The van der Waals surface area contributed by atoms with E-state index < -0.39 is 11.0 Å². The molecule has 0 saturated heterocycles. The van der Waals surface area contributed by atoms with Crippen LogP contribution in [0.1, 0.15) is 93.4 Å². The monoisotopic (exact) mass is 486 g/mol. The average Bonchev–Trinajstić information content (AvgIpc) is 2.80. The molecule has 0 aromatic heterocycles. The van der Waals surface area contributed by atoms with Crippen molar-refractivity contribution in [3.63, 3.8) is 0 Å². The number of hydrogen-bond donors (Lipinski definition) is 3. The average molecular weight is 487 g/mol. The van der Waals surface area contributed by atoms with E-state index >= 15 is 0 Å². The Morgan fingerprint density at radius 3 is 2.49 bits per heavy atom. The summed E-state index contributed by atoms with van der Waals surface area (Å²) in [6, 6.07) is 0. The van der Waals surface area contributed by atoms with Crippen LogP contribution in [0, 0.1) is 28.6 Å². The van der Waals surface area contributed by atoms with Gasteiger partial charge in [0.2, 0.25) is 0 Å². The van der Waals surface area contributed by atoms with Gasteiger partial charge in [0.05, 0.1) is 12.2 Å². The molecule has 2 rings (SSSR count). The lowest BCUT2D eigenvalue weighted by Gasteiger charge is -2.54. The highest BCUT2D eigenvalue weighted by molar-refractivity contribution is 5.74. The Hall–Kier alpha value is -1.49. The lowest BCUT2D eigenvalue weighted by atomic mass is 9.53. The Labute approximate surface area is 213 Å². The molecule has 2 aliphatic carbocycles. The van der Waals surface area contributed by atoms with Gasteiger partial charge in [0.1, 0.15) is 6.29 Å². The molecule has 0 unspecified atom stereocenters. The molecule has 0 aliphatic heterocycles. The Kier molecular flexibility index (Phi) is 10.3. The fraction of sp³-hybridized carbons (Fsp3) is 0.710. The maximum absolute atomic E-state index is 11.6. The molecule has 4 nitrogen and oxygen atoms in total. The lowest BCUT2D eigenvalue weighted by molar-refractivity contribution is -0.146. The molecule has 0 radical (unpaired) electrons. The first-order chi connectivity index (χ1) is 16.4. The largest absolute Gasteiger partial charge is 0.396 e. The van der Waals surface area contributed by atoms with E-state index in [1.54, 1.807) is 0 Å². The summed E-state index contributed by atoms with van der Waals surface area (Å²) in [6.45, 7) is 15.0. The zero-order valence-corrected chi connectivity index (χ0v) is 23.2. The minimum absolute atomic E-state index is 0.0569. The summed E-state index contributed by atoms with van der Waals surface area (Å²) in [5, 5.41) is 31.7. The third kappa shape index (κ3) is 6.26. The molecule has 1 saturated carbocycles. The minimum atomic E-state index is -1.05. The van der Waals surface area contributed by atoms with Crippen LogP contribution in [0.2, 0.25) is 0 Å². The number of aldehydes is 1. The lowest BCUT2D eigenvalue weighted by Crippen LogP contribution is -2.56. The molecule has 0 heterocycles. The molecule has 4 heteroatoms. The maximum atomic E-state index is 11.6. The van der Waals surface area contributed by atoms with Gasteiger partial charge in [0, 0.05) is 17.9 Å². The zero-order chi connectivity index (χ0) is 26.4. The summed E-state index contributed by atoms with van der Waals surface area (Å²) in [6.07, 6.45) is 14.9. The van der Waals surface area contributed by atoms with Gasteiger partial charge in [-0.05, 0) is 95.5 Å². The second kappa shape index (κ2) is 12.2. The fourth-order valence-electron chi connectivity index (χ4n) is 6.57. The van der Waals surface area contributed by atoms with Crippen LogP contribution in [0.5, 0.6) is 0 Å². The molecule has 5 atom stereocenters. The molecular weight excluding hydrogens is 436 g/mol. The molecule has 3 N–H and O–H groups in total. The summed E-state index contributed by atoms with van der Waals surface area (Å²) in [5.74, 6) is 0.922. The number of carbonyl (C=O) groups is 1. The van der Waals surface area contributed by atoms with Crippen LogP contribution >= 0.6 is 0 Å². The van der Waals surface area contributed by atoms with Crippen molar-refractivity contribution in [2.24, 2.45) is 28.6 Å². The number of aliphatic hydroxyl groups is 3. The third-order valence-electron chi connectivity index (χ3n) is 9.62. The Balaban J connectivity index is 2.28. The highest BCUT2D eigenvalue weighted by Gasteiger charge is 2.55. The molecule has 0 bridgehead atoms. The summed E-state index contributed by atoms with van der Waals surface area (Å²) < 4.78 is 0. The van der Waals surface area contributed by atoms with Gasteiger partial charge >= 0.3 is 0 Å². The second-order valence-corrected chi connectivity index (χ2v) is 12.1. The van der Waals surface area contributed by atoms with Crippen LogP contribution in [-0.4, -0.2) is 40.4 Å². The number of rotatable bonds is 10. The van der Waals surface area contributed by atoms with Gasteiger partial charge in [-0.2, -0.15) is 0 Å². The first-order valence-corrected chi connectivity index (χ1v) is 13.5. The normalized spacial score (nSPS) is 35.2. The molecule has 2 aliphatic rings. The quantitative estimate of drug-likeness (QED) is 0.146. The highest BCUT2D eigenvalue weighted by Crippen LogP contribution is 2.55. The van der Waals surface area contributed by atoms with Gasteiger partial charge in [-0.1, -0.05) is 61.8 Å². The standard InChI is InChI=1S/C31H50O4/c1-22(12-15-27-23(2)13-14-25(4)29(27,5)6)10-8-17-31(21-34)28(11-9-19-32)26(24(3)20-33)16-18-30(31,7)35/h10,12-13,15,20,25,27-28,32,34-35H,8-9,11,14,16-19,21H2,1-7H3/b15-12+,22-10+,26-24-/t25-,27+,28-,30+,31-/m1/s1. The molecular formula is C31H50O4. The molecule has 0 amide bonds. The van der Waals surface area contributed by atoms with Gasteiger partial charge in [-0.3, -0.25) is 4.79 Å². The SMILES string of the molecule is CC1=CC[C@@H](C)C(C)(C)[C@H]1/C=C/C(C)=C/CC[C@@]1(CO)[C@H](CCCO)/C(=C(/C)C=O)CC[C@]1(C)O. The molecule has 0 spiro atoms. The van der Waals surface area contributed by atoms with Crippen molar-refractivity contribution < 1.29 is 20.1 Å². The van der Waals surface area contributed by atoms with Gasteiger partial charge in [0.25, 0.3) is 0 Å². The van der Waals surface area contributed by atoms with Crippen molar-refractivity contribution in [2.75, 3.05) is 13.2 Å². The summed E-state index contributed by atoms with van der Waals surface area (Å²) in [7, 11) is 0. The molecule has 1 fully saturated rings. The van der Waals surface area contributed by atoms with Crippen LogP contribution in [0.25, 0.3) is 0 Å². The molecule has 35 heavy (non-hydrogen) atoms. The number of carbonyl (C=O) groups excluding carboxylic acids is 1. The smallest absolute Gasteiger partial charge is 0.145 e. The second-order valence-electron chi connectivity index (χ2n) is 12.1. The van der Waals surface area contributed by atoms with E-state index in [4.69, 9.17) is 0 Å². The van der Waals surface area contributed by atoms with Gasteiger partial charge in [0.15, 0.2) is 0 Å². The number of hydrogen-bond acceptors (Lipinski definition) is 4. The minimum Gasteiger partial charge on any atom is -0.396 e. The van der Waals surface area contributed by atoms with Crippen LogP contribution in [0.4, 0.5) is 0 Å². The summed E-state index contributed by atoms with van der Waals surface area (Å²) in [5.41, 5.74) is 2.77. The van der Waals surface area contributed by atoms with Gasteiger partial charge in [-0.15, -0.1) is 0 Å². The van der Waals surface area contributed by atoms with Crippen LogP contribution in [-0.2, 0) is 4.79 Å². The van der Waals surface area contributed by atoms with E-state index in [-0.39, 0.29) is 24.5 Å². The van der Waals surface area contributed by atoms with Crippen molar-refractivity contribution in [1.29, 1.82) is 0 Å². The van der Waals surface area contributed by atoms with E-state index in [1.165, 1.54) is 11.1 Å². The van der Waals surface area contributed by atoms with Crippen molar-refractivity contribution in [2.45, 2.75) is 99.0 Å². The first-order valence-electron chi connectivity index (χ1n) is 13.5. The van der Waals surface area contributed by atoms with Crippen molar-refractivity contribution in [3.05, 3.63) is 46.6 Å². The number of allylic oxidation sites excluding steroid dienone is 8. The zero-order valence-electron chi connectivity index (χ0n) is 23.2. The molecule has 0 aromatic carbocycles. The third-order valence-corrected chi connectivity index (χ3v) is 9.62. The predicted octanol–water partition coefficient (Wildman–Crippen LogP) is 6.33. The van der Waals surface area contributed by atoms with E-state index in [1.807, 2.05) is 13.8 Å². The van der Waals surface area contributed by atoms with Crippen LogP contribution in [0.3, 0.4) is 0 Å². The molecule has 198 valence electrons. The van der Waals surface area contributed by atoms with Crippen LogP contribution in [0.15, 0.2) is 46.6 Å². The van der Waals surface area contributed by atoms with Crippen molar-refractivity contribution >= 4 is 6.29 Å². The Bertz CT molecular complexity index is 857. The topological polar surface area (TPSA) is 77.8 Å². The number of aliphatic hydroxyl groups excluding tert-OH is 2.